The third kappa shape index (κ3) is 3.08. The van der Waals surface area contributed by atoms with Gasteiger partial charge in [0.05, 0.1) is 4.90 Å². The quantitative estimate of drug-likeness (QED) is 0.842. The van der Waals surface area contributed by atoms with Crippen molar-refractivity contribution in [3.05, 3.63) is 59.7 Å². The lowest BCUT2D eigenvalue weighted by atomic mass is 10.1. The fraction of sp³-hybridized carbons (Fsp3) is 0.300. The van der Waals surface area contributed by atoms with Gasteiger partial charge in [0.1, 0.15) is 6.04 Å². The van der Waals surface area contributed by atoms with Crippen LogP contribution in [0.2, 0.25) is 0 Å². The lowest BCUT2D eigenvalue weighted by Crippen LogP contribution is -2.46. The van der Waals surface area contributed by atoms with Crippen LogP contribution in [0.1, 0.15) is 28.8 Å². The number of para-hydroxylation sites is 1. The van der Waals surface area contributed by atoms with Gasteiger partial charge in [0.15, 0.2) is 0 Å². The Kier molecular flexibility index (Phi) is 4.68. The van der Waals surface area contributed by atoms with Gasteiger partial charge in [-0.25, -0.2) is 8.42 Å². The Hall–Kier alpha value is -2.71. The summed E-state index contributed by atoms with van der Waals surface area (Å²) in [5.41, 5.74) is 7.37. The summed E-state index contributed by atoms with van der Waals surface area (Å²) in [7, 11) is -3.54. The number of nitrogens with zero attached hydrogens (tertiary/aromatic N) is 2. The Balaban J connectivity index is 1.64. The third-order valence-corrected chi connectivity index (χ3v) is 7.24. The van der Waals surface area contributed by atoms with E-state index in [2.05, 4.69) is 0 Å². The second-order valence-electron chi connectivity index (χ2n) is 7.06. The molecule has 1 atom stereocenters. The molecule has 1 unspecified atom stereocenters. The first kappa shape index (κ1) is 18.6. The summed E-state index contributed by atoms with van der Waals surface area (Å²) in [6, 6.07) is 12.4. The van der Waals surface area contributed by atoms with E-state index in [4.69, 9.17) is 5.73 Å². The molecule has 2 N–H and O–H groups in total. The zero-order chi connectivity index (χ0) is 19.9. The highest BCUT2D eigenvalue weighted by Gasteiger charge is 2.37. The van der Waals surface area contributed by atoms with Crippen LogP contribution in [0.15, 0.2) is 53.4 Å². The summed E-state index contributed by atoms with van der Waals surface area (Å²) in [4.78, 5) is 26.6. The average Bonchev–Trinajstić information content (AvgIpc) is 3.36. The number of rotatable bonds is 4. The van der Waals surface area contributed by atoms with Gasteiger partial charge in [0.25, 0.3) is 5.91 Å². The van der Waals surface area contributed by atoms with Crippen molar-refractivity contribution in [3.8, 4) is 0 Å². The second-order valence-corrected chi connectivity index (χ2v) is 9.00. The number of benzene rings is 2. The van der Waals surface area contributed by atoms with Crippen molar-refractivity contribution in [1.82, 2.24) is 4.31 Å². The molecule has 7 nitrogen and oxygen atoms in total. The van der Waals surface area contributed by atoms with E-state index in [1.165, 1.54) is 33.5 Å². The molecule has 146 valence electrons. The Labute approximate surface area is 163 Å². The minimum atomic E-state index is -3.54. The molecule has 0 aliphatic carbocycles. The molecule has 2 aromatic rings. The van der Waals surface area contributed by atoms with Crippen molar-refractivity contribution >= 4 is 27.5 Å². The molecule has 28 heavy (non-hydrogen) atoms. The molecular weight excluding hydrogens is 378 g/mol. The minimum absolute atomic E-state index is 0.166. The molecule has 0 spiro atoms. The maximum Gasteiger partial charge on any atom is 0.259 e. The van der Waals surface area contributed by atoms with E-state index in [9.17, 15) is 18.0 Å². The summed E-state index contributed by atoms with van der Waals surface area (Å²) in [5.74, 6) is -0.948. The molecule has 2 aliphatic rings. The molecule has 0 bridgehead atoms. The lowest BCUT2D eigenvalue weighted by molar-refractivity contribution is -0.119. The lowest BCUT2D eigenvalue weighted by Gasteiger charge is -2.23. The number of hydrogen-bond acceptors (Lipinski definition) is 4. The predicted octanol–water partition coefficient (Wildman–Crippen LogP) is 1.53. The molecule has 1 saturated heterocycles. The van der Waals surface area contributed by atoms with Crippen molar-refractivity contribution in [2.75, 3.05) is 18.0 Å². The molecule has 4 rings (SSSR count). The van der Waals surface area contributed by atoms with Crippen molar-refractivity contribution in [2.24, 2.45) is 5.73 Å². The summed E-state index contributed by atoms with van der Waals surface area (Å²) in [5, 5.41) is 0. The molecular formula is C20H21N3O4S. The van der Waals surface area contributed by atoms with Crippen LogP contribution < -0.4 is 10.6 Å². The Morgan fingerprint density at radius 2 is 1.61 bits per heavy atom. The van der Waals surface area contributed by atoms with E-state index in [0.29, 0.717) is 30.8 Å². The summed E-state index contributed by atoms with van der Waals surface area (Å²) < 4.78 is 26.8. The summed E-state index contributed by atoms with van der Waals surface area (Å²) >= 11 is 0. The fourth-order valence-electron chi connectivity index (χ4n) is 3.85. The number of primary amides is 1. The van der Waals surface area contributed by atoms with Crippen molar-refractivity contribution < 1.29 is 18.0 Å². The first-order chi connectivity index (χ1) is 13.4. The number of carbonyl (C=O) groups excluding carboxylic acids is 2. The highest BCUT2D eigenvalue weighted by atomic mass is 32.2. The number of sulfonamides is 1. The zero-order valence-corrected chi connectivity index (χ0v) is 16.1. The largest absolute Gasteiger partial charge is 0.368 e. The van der Waals surface area contributed by atoms with Crippen LogP contribution >= 0.6 is 0 Å². The molecule has 2 aromatic carbocycles. The third-order valence-electron chi connectivity index (χ3n) is 5.33. The number of hydrogen-bond donors (Lipinski definition) is 1. The van der Waals surface area contributed by atoms with Gasteiger partial charge in [0, 0.05) is 30.8 Å². The van der Waals surface area contributed by atoms with Crippen LogP contribution in [-0.4, -0.2) is 43.7 Å². The number of nitrogens with two attached hydrogens (primary N) is 1. The highest BCUT2D eigenvalue weighted by Crippen LogP contribution is 2.33. The van der Waals surface area contributed by atoms with Gasteiger partial charge in [-0.15, -0.1) is 0 Å². The van der Waals surface area contributed by atoms with E-state index in [1.807, 2.05) is 12.1 Å². The predicted molar refractivity (Wildman–Crippen MR) is 104 cm³/mol. The van der Waals surface area contributed by atoms with E-state index in [0.717, 1.165) is 18.4 Å². The molecule has 0 radical (unpaired) electrons. The van der Waals surface area contributed by atoms with Crippen LogP contribution in [-0.2, 0) is 21.2 Å². The average molecular weight is 399 g/mol. The Morgan fingerprint density at radius 1 is 0.964 bits per heavy atom. The molecule has 0 saturated carbocycles. The number of amides is 2. The van der Waals surface area contributed by atoms with Gasteiger partial charge < -0.3 is 5.73 Å². The maximum absolute atomic E-state index is 13.1. The van der Waals surface area contributed by atoms with E-state index >= 15 is 0 Å². The number of anilines is 1. The van der Waals surface area contributed by atoms with Crippen LogP contribution in [0.5, 0.6) is 0 Å². The number of fused-ring (bicyclic) bond motifs is 1. The standard InChI is InChI=1S/C20H21N3O4S/c21-19(24)18-13-15-5-1-2-6-17(15)23(18)20(25)14-7-9-16(10-8-14)28(26,27)22-11-3-4-12-22/h1-2,5-10,18H,3-4,11-13H2,(H2,21,24). The van der Waals surface area contributed by atoms with Gasteiger partial charge in [0.2, 0.25) is 15.9 Å². The van der Waals surface area contributed by atoms with Gasteiger partial charge in [-0.2, -0.15) is 4.31 Å². The van der Waals surface area contributed by atoms with Crippen molar-refractivity contribution in [1.29, 1.82) is 0 Å². The van der Waals surface area contributed by atoms with Gasteiger partial charge >= 0.3 is 0 Å². The van der Waals surface area contributed by atoms with Gasteiger partial charge in [-0.1, -0.05) is 18.2 Å². The van der Waals surface area contributed by atoms with Crippen LogP contribution in [0.4, 0.5) is 5.69 Å². The van der Waals surface area contributed by atoms with Gasteiger partial charge in [-0.05, 0) is 48.7 Å². The molecule has 2 amide bonds. The van der Waals surface area contributed by atoms with E-state index in [1.54, 1.807) is 12.1 Å². The van der Waals surface area contributed by atoms with Crippen LogP contribution in [0, 0.1) is 0 Å². The maximum atomic E-state index is 13.1. The van der Waals surface area contributed by atoms with Gasteiger partial charge in [-0.3, -0.25) is 14.5 Å². The van der Waals surface area contributed by atoms with Crippen molar-refractivity contribution in [2.45, 2.75) is 30.2 Å². The highest BCUT2D eigenvalue weighted by molar-refractivity contribution is 7.89. The van der Waals surface area contributed by atoms with E-state index in [-0.39, 0.29) is 10.8 Å². The van der Waals surface area contributed by atoms with Crippen LogP contribution in [0.3, 0.4) is 0 Å². The van der Waals surface area contributed by atoms with Crippen LogP contribution in [0.25, 0.3) is 0 Å². The zero-order valence-electron chi connectivity index (χ0n) is 15.2. The fourth-order valence-corrected chi connectivity index (χ4v) is 5.37. The Bertz CT molecular complexity index is 1030. The Morgan fingerprint density at radius 3 is 2.25 bits per heavy atom. The smallest absolute Gasteiger partial charge is 0.259 e. The molecule has 0 aromatic heterocycles. The summed E-state index contributed by atoms with van der Waals surface area (Å²) in [6.45, 7) is 1.04. The first-order valence-electron chi connectivity index (χ1n) is 9.20. The minimum Gasteiger partial charge on any atom is -0.368 e. The molecule has 2 heterocycles. The molecule has 1 fully saturated rings. The topological polar surface area (TPSA) is 101 Å². The normalized spacial score (nSPS) is 19.6. The summed E-state index contributed by atoms with van der Waals surface area (Å²) in [6.07, 6.45) is 2.09. The number of carbonyl (C=O) groups is 2. The monoisotopic (exact) mass is 399 g/mol. The first-order valence-corrected chi connectivity index (χ1v) is 10.6. The van der Waals surface area contributed by atoms with E-state index < -0.39 is 22.0 Å². The molecule has 2 aliphatic heterocycles. The van der Waals surface area contributed by atoms with Crippen molar-refractivity contribution in [3.63, 3.8) is 0 Å². The second kappa shape index (κ2) is 7.03. The molecule has 8 heteroatoms. The SMILES string of the molecule is NC(=O)C1Cc2ccccc2N1C(=O)c1ccc(S(=O)(=O)N2CCCC2)cc1.